The molecule has 0 bridgehead atoms. The molecule has 2 N–H and O–H groups in total. The van der Waals surface area contributed by atoms with Gasteiger partial charge in [0.25, 0.3) is 0 Å². The Morgan fingerprint density at radius 3 is 2.08 bits per heavy atom. The van der Waals surface area contributed by atoms with Crippen molar-refractivity contribution in [1.82, 2.24) is 4.90 Å². The average molecular weight is 186 g/mol. The van der Waals surface area contributed by atoms with Gasteiger partial charge in [0.05, 0.1) is 0 Å². The summed E-state index contributed by atoms with van der Waals surface area (Å²) in [6.07, 6.45) is 0. The number of rotatable bonds is 4. The fourth-order valence-electron chi connectivity index (χ4n) is 1.15. The lowest BCUT2D eigenvalue weighted by Crippen LogP contribution is -2.40. The highest BCUT2D eigenvalue weighted by molar-refractivity contribution is 5.78. The minimum Gasteiger partial charge on any atom is -0.344 e. The van der Waals surface area contributed by atoms with Crippen LogP contribution in [0.2, 0.25) is 0 Å². The minimum absolute atomic E-state index is 0.0494. The van der Waals surface area contributed by atoms with Crippen LogP contribution in [0, 0.1) is 11.8 Å². The molecule has 0 spiro atoms. The van der Waals surface area contributed by atoms with E-state index >= 15 is 0 Å². The van der Waals surface area contributed by atoms with Crippen LogP contribution in [0.1, 0.15) is 27.7 Å². The predicted molar refractivity (Wildman–Crippen MR) is 55.3 cm³/mol. The average Bonchev–Trinajstić information content (AvgIpc) is 2.00. The Morgan fingerprint density at radius 2 is 1.77 bits per heavy atom. The number of carbonyl (C=O) groups is 1. The second-order valence-electron chi connectivity index (χ2n) is 4.23. The van der Waals surface area contributed by atoms with Gasteiger partial charge in [0.2, 0.25) is 5.91 Å². The number of hydrogen-bond acceptors (Lipinski definition) is 2. The third-order valence-electron chi connectivity index (χ3n) is 2.33. The second-order valence-corrected chi connectivity index (χ2v) is 4.23. The molecule has 3 heteroatoms. The zero-order valence-electron chi connectivity index (χ0n) is 9.37. The van der Waals surface area contributed by atoms with Gasteiger partial charge in [0.15, 0.2) is 0 Å². The molecule has 0 aromatic carbocycles. The third kappa shape index (κ3) is 4.27. The van der Waals surface area contributed by atoms with Gasteiger partial charge in [0, 0.05) is 25.6 Å². The van der Waals surface area contributed by atoms with Crippen molar-refractivity contribution in [1.29, 1.82) is 0 Å². The Labute approximate surface area is 81.3 Å². The molecule has 0 fully saturated rings. The van der Waals surface area contributed by atoms with Gasteiger partial charge in [-0.3, -0.25) is 4.79 Å². The maximum absolute atomic E-state index is 11.7. The molecule has 2 unspecified atom stereocenters. The number of nitrogens with zero attached hydrogens (tertiary/aromatic N) is 1. The topological polar surface area (TPSA) is 46.3 Å². The fourth-order valence-corrected chi connectivity index (χ4v) is 1.15. The van der Waals surface area contributed by atoms with E-state index in [0.717, 1.165) is 0 Å². The summed E-state index contributed by atoms with van der Waals surface area (Å²) in [6.45, 7) is 8.62. The summed E-state index contributed by atoms with van der Waals surface area (Å²) in [5.41, 5.74) is 5.61. The molecule has 0 aliphatic heterocycles. The maximum Gasteiger partial charge on any atom is 0.225 e. The molecule has 0 rings (SSSR count). The second kappa shape index (κ2) is 5.22. The van der Waals surface area contributed by atoms with E-state index in [9.17, 15) is 4.79 Å². The van der Waals surface area contributed by atoms with Crippen molar-refractivity contribution in [2.24, 2.45) is 17.6 Å². The van der Waals surface area contributed by atoms with Crippen molar-refractivity contribution >= 4 is 5.91 Å². The summed E-state index contributed by atoms with van der Waals surface area (Å²) in [5.74, 6) is 0.666. The first-order valence-corrected chi connectivity index (χ1v) is 4.86. The van der Waals surface area contributed by atoms with Crippen LogP contribution in [0.15, 0.2) is 0 Å². The molecule has 2 atom stereocenters. The molecule has 3 nitrogen and oxygen atoms in total. The third-order valence-corrected chi connectivity index (χ3v) is 2.33. The Bertz CT molecular complexity index is 166. The van der Waals surface area contributed by atoms with E-state index in [1.807, 2.05) is 20.9 Å². The predicted octanol–water partition coefficient (Wildman–Crippen LogP) is 1.08. The highest BCUT2D eigenvalue weighted by Crippen LogP contribution is 2.12. The van der Waals surface area contributed by atoms with Crippen molar-refractivity contribution in [2.75, 3.05) is 13.6 Å². The van der Waals surface area contributed by atoms with Gasteiger partial charge in [-0.15, -0.1) is 0 Å². The normalized spacial score (nSPS) is 15.6. The Kier molecular flexibility index (Phi) is 4.99. The fraction of sp³-hybridized carbons (Fsp3) is 0.900. The number of likely N-dealkylation sites (N-methyl/N-ethyl adjacent to an activating group) is 1. The van der Waals surface area contributed by atoms with Crippen molar-refractivity contribution in [3.05, 3.63) is 0 Å². The monoisotopic (exact) mass is 186 g/mol. The lowest BCUT2D eigenvalue weighted by atomic mass is 9.97. The molecule has 0 aromatic heterocycles. The Balaban J connectivity index is 4.09. The van der Waals surface area contributed by atoms with Crippen molar-refractivity contribution in [3.8, 4) is 0 Å². The standard InChI is InChI=1S/C10H22N2O/c1-7(2)9(4)10(13)12(5)6-8(3)11/h7-9H,6,11H2,1-5H3. The molecule has 78 valence electrons. The molecule has 1 amide bonds. The van der Waals surface area contributed by atoms with E-state index in [2.05, 4.69) is 13.8 Å². The van der Waals surface area contributed by atoms with E-state index < -0.39 is 0 Å². The molecule has 13 heavy (non-hydrogen) atoms. The van der Waals surface area contributed by atoms with Crippen LogP contribution in [-0.2, 0) is 4.79 Å². The van der Waals surface area contributed by atoms with E-state index in [4.69, 9.17) is 5.73 Å². The summed E-state index contributed by atoms with van der Waals surface area (Å²) < 4.78 is 0. The van der Waals surface area contributed by atoms with Gasteiger partial charge >= 0.3 is 0 Å². The van der Waals surface area contributed by atoms with Gasteiger partial charge in [-0.05, 0) is 12.8 Å². The van der Waals surface area contributed by atoms with Gasteiger partial charge in [-0.1, -0.05) is 20.8 Å². The first kappa shape index (κ1) is 12.4. The Hall–Kier alpha value is -0.570. The van der Waals surface area contributed by atoms with Gasteiger partial charge in [0.1, 0.15) is 0 Å². The first-order chi connectivity index (χ1) is 5.86. The van der Waals surface area contributed by atoms with E-state index in [1.54, 1.807) is 4.90 Å². The van der Waals surface area contributed by atoms with Gasteiger partial charge in [-0.25, -0.2) is 0 Å². The molecule has 0 radical (unpaired) electrons. The molecule has 0 aliphatic rings. The summed E-state index contributed by atoms with van der Waals surface area (Å²) in [5, 5.41) is 0. The molecular formula is C10H22N2O. The van der Waals surface area contributed by atoms with Crippen LogP contribution < -0.4 is 5.73 Å². The van der Waals surface area contributed by atoms with E-state index in [0.29, 0.717) is 12.5 Å². The molecule has 0 aromatic rings. The number of carbonyl (C=O) groups excluding carboxylic acids is 1. The molecular weight excluding hydrogens is 164 g/mol. The summed E-state index contributed by atoms with van der Waals surface area (Å²) in [4.78, 5) is 13.4. The van der Waals surface area contributed by atoms with Crippen LogP contribution in [0.25, 0.3) is 0 Å². The van der Waals surface area contributed by atoms with Crippen LogP contribution in [0.3, 0.4) is 0 Å². The largest absolute Gasteiger partial charge is 0.344 e. The lowest BCUT2D eigenvalue weighted by molar-refractivity contribution is -0.135. The lowest BCUT2D eigenvalue weighted by Gasteiger charge is -2.24. The molecule has 0 aliphatic carbocycles. The molecule has 0 heterocycles. The Morgan fingerprint density at radius 1 is 1.31 bits per heavy atom. The van der Waals surface area contributed by atoms with E-state index in [1.165, 1.54) is 0 Å². The smallest absolute Gasteiger partial charge is 0.225 e. The molecule has 0 saturated carbocycles. The quantitative estimate of drug-likeness (QED) is 0.714. The van der Waals surface area contributed by atoms with Crippen LogP contribution in [0.5, 0.6) is 0 Å². The zero-order chi connectivity index (χ0) is 10.6. The van der Waals surface area contributed by atoms with E-state index in [-0.39, 0.29) is 17.9 Å². The van der Waals surface area contributed by atoms with Crippen molar-refractivity contribution < 1.29 is 4.79 Å². The first-order valence-electron chi connectivity index (χ1n) is 4.86. The number of hydrogen-bond donors (Lipinski definition) is 1. The van der Waals surface area contributed by atoms with Gasteiger partial charge < -0.3 is 10.6 Å². The van der Waals surface area contributed by atoms with Crippen molar-refractivity contribution in [2.45, 2.75) is 33.7 Å². The number of nitrogens with two attached hydrogens (primary N) is 1. The molecule has 0 saturated heterocycles. The van der Waals surface area contributed by atoms with Crippen molar-refractivity contribution in [3.63, 3.8) is 0 Å². The minimum atomic E-state index is 0.0494. The highest BCUT2D eigenvalue weighted by Gasteiger charge is 2.20. The zero-order valence-corrected chi connectivity index (χ0v) is 9.37. The van der Waals surface area contributed by atoms with Gasteiger partial charge in [-0.2, -0.15) is 0 Å². The summed E-state index contributed by atoms with van der Waals surface area (Å²) in [7, 11) is 1.81. The summed E-state index contributed by atoms with van der Waals surface area (Å²) in [6, 6.07) is 0.0494. The maximum atomic E-state index is 11.7. The van der Waals surface area contributed by atoms with Crippen LogP contribution in [-0.4, -0.2) is 30.4 Å². The SMILES string of the molecule is CC(N)CN(C)C(=O)C(C)C(C)C. The van der Waals surface area contributed by atoms with Crippen LogP contribution >= 0.6 is 0 Å². The van der Waals surface area contributed by atoms with Crippen LogP contribution in [0.4, 0.5) is 0 Å². The highest BCUT2D eigenvalue weighted by atomic mass is 16.2. The summed E-state index contributed by atoms with van der Waals surface area (Å²) >= 11 is 0. The number of amides is 1.